The van der Waals surface area contributed by atoms with Crippen molar-refractivity contribution < 1.29 is 9.84 Å². The predicted molar refractivity (Wildman–Crippen MR) is 87.0 cm³/mol. The molecule has 118 valence electrons. The first kappa shape index (κ1) is 16.1. The van der Waals surface area contributed by atoms with Gasteiger partial charge in [-0.15, -0.1) is 0 Å². The predicted octanol–water partition coefficient (Wildman–Crippen LogP) is 2.73. The van der Waals surface area contributed by atoms with Gasteiger partial charge in [-0.2, -0.15) is 0 Å². The molecular weight excluding hydrogens is 264 g/mol. The Morgan fingerprint density at radius 2 is 2.10 bits per heavy atom. The number of benzene rings is 1. The molecule has 1 saturated heterocycles. The summed E-state index contributed by atoms with van der Waals surface area (Å²) in [5, 5.41) is 13.4. The van der Waals surface area contributed by atoms with E-state index in [0.29, 0.717) is 6.54 Å². The third-order valence-corrected chi connectivity index (χ3v) is 3.96. The van der Waals surface area contributed by atoms with Gasteiger partial charge in [0.25, 0.3) is 0 Å². The molecule has 1 heterocycles. The first-order chi connectivity index (χ1) is 10.2. The van der Waals surface area contributed by atoms with Crippen LogP contribution in [0.15, 0.2) is 24.3 Å². The molecule has 0 saturated carbocycles. The first-order valence-electron chi connectivity index (χ1n) is 8.08. The van der Waals surface area contributed by atoms with Crippen molar-refractivity contribution in [2.24, 2.45) is 0 Å². The number of hydrogen-bond acceptors (Lipinski definition) is 4. The molecule has 1 fully saturated rings. The molecule has 2 unspecified atom stereocenters. The number of rotatable bonds is 8. The molecule has 0 bridgehead atoms. The van der Waals surface area contributed by atoms with Crippen LogP contribution in [-0.2, 0) is 0 Å². The lowest BCUT2D eigenvalue weighted by Crippen LogP contribution is -2.34. The molecule has 1 aliphatic rings. The van der Waals surface area contributed by atoms with Crippen molar-refractivity contribution in [3.8, 4) is 5.75 Å². The maximum Gasteiger partial charge on any atom is 0.121 e. The van der Waals surface area contributed by atoms with Crippen LogP contribution in [0.25, 0.3) is 0 Å². The molecule has 0 spiro atoms. The quantitative estimate of drug-likeness (QED) is 0.773. The Hall–Kier alpha value is -1.26. The van der Waals surface area contributed by atoms with Crippen LogP contribution in [0.4, 0.5) is 5.69 Å². The number of anilines is 1. The molecule has 0 radical (unpaired) electrons. The highest BCUT2D eigenvalue weighted by atomic mass is 16.5. The minimum atomic E-state index is -0.331. The van der Waals surface area contributed by atoms with E-state index in [1.165, 1.54) is 12.8 Å². The third-order valence-electron chi connectivity index (χ3n) is 3.96. The van der Waals surface area contributed by atoms with Crippen molar-refractivity contribution in [1.29, 1.82) is 0 Å². The molecule has 4 nitrogen and oxygen atoms in total. The Kier molecular flexibility index (Phi) is 6.33. The van der Waals surface area contributed by atoms with Crippen LogP contribution in [-0.4, -0.2) is 48.4 Å². The van der Waals surface area contributed by atoms with E-state index in [-0.39, 0.29) is 12.2 Å². The number of likely N-dealkylation sites (tertiary alicyclic amines) is 1. The van der Waals surface area contributed by atoms with Crippen LogP contribution in [0.1, 0.15) is 33.1 Å². The fourth-order valence-corrected chi connectivity index (χ4v) is 2.56. The van der Waals surface area contributed by atoms with Gasteiger partial charge in [0.15, 0.2) is 0 Å². The van der Waals surface area contributed by atoms with Gasteiger partial charge in [0, 0.05) is 24.8 Å². The van der Waals surface area contributed by atoms with Crippen molar-refractivity contribution in [3.05, 3.63) is 24.3 Å². The van der Waals surface area contributed by atoms with E-state index in [9.17, 15) is 5.11 Å². The SMILES string of the molecule is CCC(C)Oc1cccc(NCC(O)CN2CCCC2)c1. The second-order valence-electron chi connectivity index (χ2n) is 5.91. The van der Waals surface area contributed by atoms with Gasteiger partial charge in [-0.3, -0.25) is 0 Å². The summed E-state index contributed by atoms with van der Waals surface area (Å²) in [5.74, 6) is 0.878. The number of hydrogen-bond donors (Lipinski definition) is 2. The average molecular weight is 292 g/mol. The number of nitrogens with zero attached hydrogens (tertiary/aromatic N) is 1. The van der Waals surface area contributed by atoms with E-state index < -0.39 is 0 Å². The zero-order valence-corrected chi connectivity index (χ0v) is 13.2. The molecule has 0 aliphatic carbocycles. The smallest absolute Gasteiger partial charge is 0.121 e. The van der Waals surface area contributed by atoms with E-state index in [4.69, 9.17) is 4.74 Å². The Labute approximate surface area is 128 Å². The van der Waals surface area contributed by atoms with E-state index in [1.807, 2.05) is 24.3 Å². The van der Waals surface area contributed by atoms with E-state index in [0.717, 1.165) is 37.5 Å². The largest absolute Gasteiger partial charge is 0.491 e. The molecular formula is C17H28N2O2. The minimum Gasteiger partial charge on any atom is -0.491 e. The van der Waals surface area contributed by atoms with Crippen molar-refractivity contribution in [1.82, 2.24) is 4.90 Å². The second kappa shape index (κ2) is 8.25. The maximum atomic E-state index is 10.1. The standard InChI is InChI=1S/C17H28N2O2/c1-3-14(2)21-17-8-6-7-15(11-17)18-12-16(20)13-19-9-4-5-10-19/h6-8,11,14,16,18,20H,3-5,9-10,12-13H2,1-2H3. The van der Waals surface area contributed by atoms with Crippen molar-refractivity contribution in [2.75, 3.05) is 31.5 Å². The molecule has 0 amide bonds. The Bertz CT molecular complexity index is 419. The molecule has 4 heteroatoms. The lowest BCUT2D eigenvalue weighted by Gasteiger charge is -2.20. The highest BCUT2D eigenvalue weighted by Crippen LogP contribution is 2.19. The van der Waals surface area contributed by atoms with Crippen molar-refractivity contribution >= 4 is 5.69 Å². The number of β-amino-alcohol motifs (C(OH)–C–C–N with tert-alkyl or cyclic N) is 1. The van der Waals surface area contributed by atoms with Gasteiger partial charge in [0.2, 0.25) is 0 Å². The lowest BCUT2D eigenvalue weighted by atomic mass is 10.2. The summed E-state index contributed by atoms with van der Waals surface area (Å²) in [6.45, 7) is 7.76. The van der Waals surface area contributed by atoms with Gasteiger partial charge in [-0.1, -0.05) is 13.0 Å². The van der Waals surface area contributed by atoms with Crippen LogP contribution in [0.2, 0.25) is 0 Å². The van der Waals surface area contributed by atoms with Crippen molar-refractivity contribution in [2.45, 2.75) is 45.3 Å². The Balaban J connectivity index is 1.77. The monoisotopic (exact) mass is 292 g/mol. The minimum absolute atomic E-state index is 0.223. The lowest BCUT2D eigenvalue weighted by molar-refractivity contribution is 0.135. The summed E-state index contributed by atoms with van der Waals surface area (Å²) in [6, 6.07) is 7.95. The summed E-state index contributed by atoms with van der Waals surface area (Å²) in [6.07, 6.45) is 3.40. The summed E-state index contributed by atoms with van der Waals surface area (Å²) in [5.41, 5.74) is 0.997. The van der Waals surface area contributed by atoms with Gasteiger partial charge in [-0.25, -0.2) is 0 Å². The van der Waals surface area contributed by atoms with Gasteiger partial charge in [0.05, 0.1) is 12.2 Å². The second-order valence-corrected chi connectivity index (χ2v) is 5.91. The molecule has 21 heavy (non-hydrogen) atoms. The highest BCUT2D eigenvalue weighted by molar-refractivity contribution is 5.48. The van der Waals surface area contributed by atoms with Gasteiger partial charge in [-0.05, 0) is 51.4 Å². The third kappa shape index (κ3) is 5.56. The number of nitrogens with one attached hydrogen (secondary N) is 1. The van der Waals surface area contributed by atoms with Crippen LogP contribution in [0.3, 0.4) is 0 Å². The molecule has 2 rings (SSSR count). The Morgan fingerprint density at radius 3 is 2.81 bits per heavy atom. The van der Waals surface area contributed by atoms with Gasteiger partial charge in [0.1, 0.15) is 5.75 Å². The number of aliphatic hydroxyl groups is 1. The molecule has 1 aromatic rings. The summed E-state index contributed by atoms with van der Waals surface area (Å²) >= 11 is 0. The van der Waals surface area contributed by atoms with Crippen LogP contribution in [0.5, 0.6) is 5.75 Å². The Morgan fingerprint density at radius 1 is 1.33 bits per heavy atom. The molecule has 1 aromatic carbocycles. The topological polar surface area (TPSA) is 44.7 Å². The zero-order valence-electron chi connectivity index (χ0n) is 13.2. The average Bonchev–Trinajstić information content (AvgIpc) is 2.98. The fourth-order valence-electron chi connectivity index (χ4n) is 2.56. The molecule has 2 atom stereocenters. The normalized spacial score (nSPS) is 18.4. The summed E-state index contributed by atoms with van der Waals surface area (Å²) in [7, 11) is 0. The van der Waals surface area contributed by atoms with Gasteiger partial charge >= 0.3 is 0 Å². The molecule has 2 N–H and O–H groups in total. The summed E-state index contributed by atoms with van der Waals surface area (Å²) < 4.78 is 5.81. The highest BCUT2D eigenvalue weighted by Gasteiger charge is 2.15. The van der Waals surface area contributed by atoms with E-state index in [2.05, 4.69) is 24.1 Å². The molecule has 1 aliphatic heterocycles. The number of aliphatic hydroxyl groups excluding tert-OH is 1. The maximum absolute atomic E-state index is 10.1. The summed E-state index contributed by atoms with van der Waals surface area (Å²) in [4.78, 5) is 2.33. The molecule has 0 aromatic heterocycles. The zero-order chi connectivity index (χ0) is 15.1. The van der Waals surface area contributed by atoms with Gasteiger partial charge < -0.3 is 20.1 Å². The van der Waals surface area contributed by atoms with Crippen LogP contribution in [0, 0.1) is 0 Å². The van der Waals surface area contributed by atoms with Crippen LogP contribution >= 0.6 is 0 Å². The van der Waals surface area contributed by atoms with E-state index in [1.54, 1.807) is 0 Å². The van der Waals surface area contributed by atoms with E-state index >= 15 is 0 Å². The first-order valence-corrected chi connectivity index (χ1v) is 8.08. The fraction of sp³-hybridized carbons (Fsp3) is 0.647. The van der Waals surface area contributed by atoms with Crippen LogP contribution < -0.4 is 10.1 Å². The number of ether oxygens (including phenoxy) is 1. The van der Waals surface area contributed by atoms with Crippen molar-refractivity contribution in [3.63, 3.8) is 0 Å².